The minimum Gasteiger partial charge on any atom is -0.368 e. The summed E-state index contributed by atoms with van der Waals surface area (Å²) < 4.78 is 0. The Labute approximate surface area is 208 Å². The van der Waals surface area contributed by atoms with Gasteiger partial charge in [0.25, 0.3) is 5.91 Å². The van der Waals surface area contributed by atoms with Crippen LogP contribution in [0.3, 0.4) is 0 Å². The van der Waals surface area contributed by atoms with Crippen molar-refractivity contribution in [3.63, 3.8) is 0 Å². The van der Waals surface area contributed by atoms with Crippen molar-refractivity contribution in [2.75, 3.05) is 42.5 Å². The summed E-state index contributed by atoms with van der Waals surface area (Å²) in [4.78, 5) is 37.7. The summed E-state index contributed by atoms with van der Waals surface area (Å²) in [7, 11) is 0. The quantitative estimate of drug-likeness (QED) is 0.519. The van der Waals surface area contributed by atoms with Crippen molar-refractivity contribution in [3.8, 4) is 0 Å². The van der Waals surface area contributed by atoms with Crippen molar-refractivity contribution in [1.82, 2.24) is 9.88 Å². The fourth-order valence-electron chi connectivity index (χ4n) is 4.47. The minimum atomic E-state index is -0.116. The molecule has 3 heterocycles. The molecule has 0 spiro atoms. The maximum absolute atomic E-state index is 13.4. The van der Waals surface area contributed by atoms with E-state index in [4.69, 9.17) is 11.6 Å². The van der Waals surface area contributed by atoms with Gasteiger partial charge in [0.1, 0.15) is 5.03 Å². The Kier molecular flexibility index (Phi) is 6.48. The largest absolute Gasteiger partial charge is 0.368 e. The molecule has 2 aliphatic rings. The van der Waals surface area contributed by atoms with Crippen LogP contribution in [0.5, 0.6) is 0 Å². The number of piperazine rings is 1. The molecule has 34 heavy (non-hydrogen) atoms. The van der Waals surface area contributed by atoms with Gasteiger partial charge in [0.15, 0.2) is 0 Å². The van der Waals surface area contributed by atoms with Crippen LogP contribution in [-0.2, 0) is 4.79 Å². The van der Waals surface area contributed by atoms with E-state index in [2.05, 4.69) is 16.8 Å². The molecular weight excluding hydrogens is 468 g/mol. The van der Waals surface area contributed by atoms with Crippen molar-refractivity contribution in [2.45, 2.75) is 23.3 Å². The van der Waals surface area contributed by atoms with E-state index in [0.29, 0.717) is 30.2 Å². The Morgan fingerprint density at radius 3 is 2.65 bits per heavy atom. The number of anilines is 2. The van der Waals surface area contributed by atoms with Gasteiger partial charge in [-0.15, -0.1) is 0 Å². The molecule has 0 saturated carbocycles. The van der Waals surface area contributed by atoms with Crippen LogP contribution in [0, 0.1) is 6.92 Å². The van der Waals surface area contributed by atoms with Gasteiger partial charge in [0.05, 0.1) is 11.3 Å². The van der Waals surface area contributed by atoms with E-state index >= 15 is 0 Å². The van der Waals surface area contributed by atoms with E-state index < -0.39 is 0 Å². The van der Waals surface area contributed by atoms with Crippen molar-refractivity contribution in [2.24, 2.45) is 0 Å². The first-order chi connectivity index (χ1) is 16.5. The molecular formula is C26H25ClN4O2S. The number of para-hydroxylation sites is 1. The van der Waals surface area contributed by atoms with Gasteiger partial charge in [-0.2, -0.15) is 0 Å². The fourth-order valence-corrected chi connectivity index (χ4v) is 5.65. The predicted molar refractivity (Wildman–Crippen MR) is 136 cm³/mol. The monoisotopic (exact) mass is 492 g/mol. The molecule has 8 heteroatoms. The van der Waals surface area contributed by atoms with E-state index in [1.165, 1.54) is 17.3 Å². The smallest absolute Gasteiger partial charge is 0.261 e. The average Bonchev–Trinajstić information content (AvgIpc) is 2.98. The number of fused-ring (bicyclic) bond motifs is 2. The van der Waals surface area contributed by atoms with Crippen LogP contribution < -0.4 is 9.80 Å². The number of carbonyl (C=O) groups is 2. The lowest BCUT2D eigenvalue weighted by molar-refractivity contribution is -0.131. The lowest BCUT2D eigenvalue weighted by Gasteiger charge is -2.37. The number of nitrogens with zero attached hydrogens (tertiary/aromatic N) is 4. The maximum atomic E-state index is 13.4. The van der Waals surface area contributed by atoms with Crippen LogP contribution in [0.4, 0.5) is 11.4 Å². The molecule has 1 fully saturated rings. The molecule has 2 aromatic carbocycles. The average molecular weight is 493 g/mol. The third kappa shape index (κ3) is 4.50. The predicted octanol–water partition coefficient (Wildman–Crippen LogP) is 4.89. The van der Waals surface area contributed by atoms with Crippen LogP contribution in [0.2, 0.25) is 5.02 Å². The first kappa shape index (κ1) is 22.7. The van der Waals surface area contributed by atoms with Crippen molar-refractivity contribution in [3.05, 3.63) is 76.9 Å². The number of hydrogen-bond acceptors (Lipinski definition) is 5. The van der Waals surface area contributed by atoms with Crippen molar-refractivity contribution in [1.29, 1.82) is 0 Å². The zero-order chi connectivity index (χ0) is 23.7. The van der Waals surface area contributed by atoms with Crippen LogP contribution in [0.15, 0.2) is 70.7 Å². The molecule has 174 valence electrons. The molecule has 0 atom stereocenters. The Balaban J connectivity index is 1.26. The van der Waals surface area contributed by atoms with Gasteiger partial charge in [-0.05, 0) is 48.9 Å². The van der Waals surface area contributed by atoms with Gasteiger partial charge in [-0.1, -0.05) is 41.6 Å². The van der Waals surface area contributed by atoms with E-state index in [1.54, 1.807) is 23.2 Å². The molecule has 0 aliphatic carbocycles. The molecule has 0 unspecified atom stereocenters. The number of halogens is 1. The number of rotatable bonds is 4. The minimum absolute atomic E-state index is 0.0658. The third-order valence-electron chi connectivity index (χ3n) is 6.30. The number of pyridine rings is 1. The van der Waals surface area contributed by atoms with Crippen molar-refractivity contribution >= 4 is 46.6 Å². The first-order valence-corrected chi connectivity index (χ1v) is 12.5. The van der Waals surface area contributed by atoms with E-state index in [9.17, 15) is 9.59 Å². The van der Waals surface area contributed by atoms with Crippen LogP contribution in [0.1, 0.15) is 22.3 Å². The summed E-state index contributed by atoms with van der Waals surface area (Å²) in [6, 6.07) is 17.3. The Hall–Kier alpha value is -3.03. The van der Waals surface area contributed by atoms with Gasteiger partial charge in [-0.25, -0.2) is 4.98 Å². The highest BCUT2D eigenvalue weighted by Crippen LogP contribution is 2.40. The summed E-state index contributed by atoms with van der Waals surface area (Å²) in [5, 5.41) is 1.41. The number of benzene rings is 2. The van der Waals surface area contributed by atoms with E-state index in [-0.39, 0.29) is 18.2 Å². The standard InChI is InChI=1S/C26H25ClN4O2S/c1-18-8-9-19(27)17-22(18)29-13-15-30(16-14-29)24(32)10-12-31-21-6-2-3-7-23(21)34-25-20(26(31)33)5-4-11-28-25/h2-9,11,17H,10,12-16H2,1H3. The lowest BCUT2D eigenvalue weighted by Crippen LogP contribution is -2.49. The number of aromatic nitrogens is 1. The Morgan fingerprint density at radius 2 is 1.82 bits per heavy atom. The fraction of sp³-hybridized carbons (Fsp3) is 0.269. The SMILES string of the molecule is Cc1ccc(Cl)cc1N1CCN(C(=O)CCN2C(=O)c3cccnc3Sc3ccccc32)CC1. The van der Waals surface area contributed by atoms with Gasteiger partial charge in [0, 0.05) is 60.9 Å². The normalized spacial score (nSPS) is 15.6. The maximum Gasteiger partial charge on any atom is 0.261 e. The van der Waals surface area contributed by atoms with E-state index in [1.807, 2.05) is 47.4 Å². The second-order valence-electron chi connectivity index (χ2n) is 8.43. The summed E-state index contributed by atoms with van der Waals surface area (Å²) in [6.45, 7) is 5.22. The second kappa shape index (κ2) is 9.68. The third-order valence-corrected chi connectivity index (χ3v) is 7.62. The molecule has 1 aromatic heterocycles. The van der Waals surface area contributed by atoms with Gasteiger partial charge in [-0.3, -0.25) is 9.59 Å². The molecule has 0 bridgehead atoms. The van der Waals surface area contributed by atoms with Crippen molar-refractivity contribution < 1.29 is 9.59 Å². The Morgan fingerprint density at radius 1 is 1.03 bits per heavy atom. The summed E-state index contributed by atoms with van der Waals surface area (Å²) in [5.74, 6) is -0.0503. The number of amides is 2. The molecule has 0 radical (unpaired) electrons. The van der Waals surface area contributed by atoms with Crippen LogP contribution >= 0.6 is 23.4 Å². The summed E-state index contributed by atoms with van der Waals surface area (Å²) in [6.07, 6.45) is 1.97. The summed E-state index contributed by atoms with van der Waals surface area (Å²) in [5.41, 5.74) is 3.69. The molecule has 1 saturated heterocycles. The highest BCUT2D eigenvalue weighted by Gasteiger charge is 2.29. The molecule has 2 amide bonds. The topological polar surface area (TPSA) is 56.8 Å². The molecule has 6 nitrogen and oxygen atoms in total. The van der Waals surface area contributed by atoms with Crippen LogP contribution in [-0.4, -0.2) is 54.4 Å². The zero-order valence-electron chi connectivity index (χ0n) is 18.9. The second-order valence-corrected chi connectivity index (χ2v) is 9.90. The lowest BCUT2D eigenvalue weighted by atomic mass is 10.1. The highest BCUT2D eigenvalue weighted by atomic mass is 35.5. The molecule has 3 aromatic rings. The molecule has 0 N–H and O–H groups in total. The van der Waals surface area contributed by atoms with Crippen LogP contribution in [0.25, 0.3) is 0 Å². The molecule has 5 rings (SSSR count). The summed E-state index contributed by atoms with van der Waals surface area (Å²) >= 11 is 7.68. The van der Waals surface area contributed by atoms with Gasteiger partial charge in [0.2, 0.25) is 5.91 Å². The van der Waals surface area contributed by atoms with Gasteiger partial charge < -0.3 is 14.7 Å². The Bertz CT molecular complexity index is 1240. The zero-order valence-corrected chi connectivity index (χ0v) is 20.5. The number of hydrogen-bond donors (Lipinski definition) is 0. The van der Waals surface area contributed by atoms with Gasteiger partial charge >= 0.3 is 0 Å². The number of aryl methyl sites for hydroxylation is 1. The number of carbonyl (C=O) groups excluding carboxylic acids is 2. The first-order valence-electron chi connectivity index (χ1n) is 11.3. The molecule has 2 aliphatic heterocycles. The van der Waals surface area contributed by atoms with E-state index in [0.717, 1.165) is 34.4 Å². The highest BCUT2D eigenvalue weighted by molar-refractivity contribution is 7.99.